The van der Waals surface area contributed by atoms with Gasteiger partial charge in [-0.2, -0.15) is 0 Å². The van der Waals surface area contributed by atoms with Gasteiger partial charge in [0.25, 0.3) is 0 Å². The summed E-state index contributed by atoms with van der Waals surface area (Å²) >= 11 is 0. The monoisotopic (exact) mass is 281 g/mol. The zero-order chi connectivity index (χ0) is 14.6. The lowest BCUT2D eigenvalue weighted by atomic mass is 10.1. The van der Waals surface area contributed by atoms with Crippen molar-refractivity contribution in [2.45, 2.75) is 40.2 Å². The van der Waals surface area contributed by atoms with Crippen molar-refractivity contribution >= 4 is 0 Å². The summed E-state index contributed by atoms with van der Waals surface area (Å²) in [5, 5.41) is 3.38. The molecule has 0 saturated heterocycles. The summed E-state index contributed by atoms with van der Waals surface area (Å²) in [6.45, 7) is 10.2. The van der Waals surface area contributed by atoms with Crippen molar-refractivity contribution < 1.29 is 14.2 Å². The van der Waals surface area contributed by atoms with Crippen molar-refractivity contribution in [3.05, 3.63) is 35.4 Å². The van der Waals surface area contributed by atoms with E-state index in [-0.39, 0.29) is 6.29 Å². The van der Waals surface area contributed by atoms with E-state index in [9.17, 15) is 0 Å². The molecule has 0 unspecified atom stereocenters. The molecular weight excluding hydrogens is 254 g/mol. The van der Waals surface area contributed by atoms with Crippen LogP contribution in [-0.4, -0.2) is 32.7 Å². The van der Waals surface area contributed by atoms with Crippen LogP contribution in [0.2, 0.25) is 0 Å². The fourth-order valence-corrected chi connectivity index (χ4v) is 1.95. The predicted molar refractivity (Wildman–Crippen MR) is 80.5 cm³/mol. The quantitative estimate of drug-likeness (QED) is 0.633. The molecule has 0 spiro atoms. The van der Waals surface area contributed by atoms with E-state index in [1.54, 1.807) is 0 Å². The van der Waals surface area contributed by atoms with E-state index in [1.807, 2.05) is 26.8 Å². The van der Waals surface area contributed by atoms with Gasteiger partial charge in [-0.05, 0) is 31.9 Å². The molecule has 0 aliphatic rings. The van der Waals surface area contributed by atoms with Gasteiger partial charge in [-0.3, -0.25) is 0 Å². The molecule has 0 aliphatic heterocycles. The van der Waals surface area contributed by atoms with Crippen molar-refractivity contribution in [2.24, 2.45) is 0 Å². The van der Waals surface area contributed by atoms with Gasteiger partial charge in [0.2, 0.25) is 0 Å². The van der Waals surface area contributed by atoms with Crippen LogP contribution in [0.3, 0.4) is 0 Å². The lowest BCUT2D eigenvalue weighted by Gasteiger charge is -2.18. The van der Waals surface area contributed by atoms with Gasteiger partial charge in [0.15, 0.2) is 6.29 Å². The van der Waals surface area contributed by atoms with E-state index in [1.165, 1.54) is 11.1 Å². The van der Waals surface area contributed by atoms with Gasteiger partial charge in [0.05, 0.1) is 6.61 Å². The first-order valence-corrected chi connectivity index (χ1v) is 7.40. The van der Waals surface area contributed by atoms with Gasteiger partial charge in [-0.15, -0.1) is 0 Å². The first-order chi connectivity index (χ1) is 9.81. The molecule has 0 heterocycles. The van der Waals surface area contributed by atoms with Crippen LogP contribution >= 0.6 is 0 Å². The number of hydrogen-bond acceptors (Lipinski definition) is 4. The van der Waals surface area contributed by atoms with Crippen LogP contribution in [0.1, 0.15) is 31.9 Å². The van der Waals surface area contributed by atoms with Crippen LogP contribution in [0.15, 0.2) is 24.3 Å². The topological polar surface area (TPSA) is 39.7 Å². The van der Waals surface area contributed by atoms with Crippen molar-refractivity contribution in [3.63, 3.8) is 0 Å². The van der Waals surface area contributed by atoms with Gasteiger partial charge >= 0.3 is 0 Å². The summed E-state index contributed by atoms with van der Waals surface area (Å²) in [4.78, 5) is 0. The maximum absolute atomic E-state index is 5.51. The zero-order valence-electron chi connectivity index (χ0n) is 12.9. The van der Waals surface area contributed by atoms with Gasteiger partial charge in [0, 0.05) is 32.9 Å². The summed E-state index contributed by atoms with van der Waals surface area (Å²) in [5.41, 5.74) is 2.49. The highest BCUT2D eigenvalue weighted by atomic mass is 16.7. The van der Waals surface area contributed by atoms with E-state index >= 15 is 0 Å². The molecule has 0 bridgehead atoms. The SMILES string of the molecule is CCOCc1ccccc1CNCC(OCC)OCC. The Morgan fingerprint density at radius 1 is 0.950 bits per heavy atom. The van der Waals surface area contributed by atoms with Crippen molar-refractivity contribution in [2.75, 3.05) is 26.4 Å². The van der Waals surface area contributed by atoms with E-state index in [4.69, 9.17) is 14.2 Å². The van der Waals surface area contributed by atoms with Crippen LogP contribution in [0.4, 0.5) is 0 Å². The Kier molecular flexibility index (Phi) is 9.24. The Hall–Kier alpha value is -0.940. The highest BCUT2D eigenvalue weighted by Crippen LogP contribution is 2.10. The highest BCUT2D eigenvalue weighted by Gasteiger charge is 2.08. The molecule has 4 heteroatoms. The Morgan fingerprint density at radius 2 is 1.60 bits per heavy atom. The molecule has 0 saturated carbocycles. The fourth-order valence-electron chi connectivity index (χ4n) is 1.95. The van der Waals surface area contributed by atoms with Crippen molar-refractivity contribution in [1.29, 1.82) is 0 Å². The summed E-state index contributed by atoms with van der Waals surface area (Å²) in [7, 11) is 0. The number of ether oxygens (including phenoxy) is 3. The average molecular weight is 281 g/mol. The van der Waals surface area contributed by atoms with Crippen molar-refractivity contribution in [1.82, 2.24) is 5.32 Å². The molecule has 0 aromatic heterocycles. The van der Waals surface area contributed by atoms with Gasteiger partial charge in [-0.25, -0.2) is 0 Å². The second-order valence-corrected chi connectivity index (χ2v) is 4.38. The number of rotatable bonds is 11. The number of hydrogen-bond donors (Lipinski definition) is 1. The molecule has 20 heavy (non-hydrogen) atoms. The number of benzene rings is 1. The van der Waals surface area contributed by atoms with Gasteiger partial charge in [0.1, 0.15) is 0 Å². The highest BCUT2D eigenvalue weighted by molar-refractivity contribution is 5.26. The summed E-state index contributed by atoms with van der Waals surface area (Å²) in [5.74, 6) is 0. The first kappa shape index (κ1) is 17.1. The first-order valence-electron chi connectivity index (χ1n) is 7.40. The maximum atomic E-state index is 5.51. The molecule has 0 aliphatic carbocycles. The van der Waals surface area contributed by atoms with E-state index < -0.39 is 0 Å². The minimum Gasteiger partial charge on any atom is -0.377 e. The van der Waals surface area contributed by atoms with Crippen LogP contribution in [0.25, 0.3) is 0 Å². The third kappa shape index (κ3) is 6.48. The van der Waals surface area contributed by atoms with E-state index in [0.717, 1.165) is 13.2 Å². The van der Waals surface area contributed by atoms with Gasteiger partial charge < -0.3 is 19.5 Å². The van der Waals surface area contributed by atoms with Crippen LogP contribution in [0, 0.1) is 0 Å². The molecule has 0 fully saturated rings. The lowest BCUT2D eigenvalue weighted by molar-refractivity contribution is -0.133. The second kappa shape index (κ2) is 10.8. The molecule has 1 aromatic carbocycles. The third-order valence-electron chi connectivity index (χ3n) is 2.91. The van der Waals surface area contributed by atoms with Crippen LogP contribution in [0.5, 0.6) is 0 Å². The molecule has 1 rings (SSSR count). The minimum atomic E-state index is -0.177. The Morgan fingerprint density at radius 3 is 2.20 bits per heavy atom. The van der Waals surface area contributed by atoms with E-state index in [2.05, 4.69) is 23.5 Å². The second-order valence-electron chi connectivity index (χ2n) is 4.38. The maximum Gasteiger partial charge on any atom is 0.169 e. The fraction of sp³-hybridized carbons (Fsp3) is 0.625. The molecule has 0 amide bonds. The molecule has 114 valence electrons. The van der Waals surface area contributed by atoms with E-state index in [0.29, 0.717) is 26.4 Å². The predicted octanol–water partition coefficient (Wildman–Crippen LogP) is 2.71. The average Bonchev–Trinajstić information content (AvgIpc) is 2.46. The summed E-state index contributed by atoms with van der Waals surface area (Å²) in [6.07, 6.45) is -0.177. The molecule has 1 N–H and O–H groups in total. The summed E-state index contributed by atoms with van der Waals surface area (Å²) < 4.78 is 16.5. The normalized spacial score (nSPS) is 11.2. The zero-order valence-corrected chi connectivity index (χ0v) is 12.9. The largest absolute Gasteiger partial charge is 0.377 e. The smallest absolute Gasteiger partial charge is 0.169 e. The molecule has 0 atom stereocenters. The molecule has 0 radical (unpaired) electrons. The van der Waals surface area contributed by atoms with Gasteiger partial charge in [-0.1, -0.05) is 24.3 Å². The third-order valence-corrected chi connectivity index (χ3v) is 2.91. The Bertz CT molecular complexity index is 351. The lowest BCUT2D eigenvalue weighted by Crippen LogP contribution is -2.31. The summed E-state index contributed by atoms with van der Waals surface area (Å²) in [6, 6.07) is 8.32. The Balaban J connectivity index is 2.43. The molecule has 4 nitrogen and oxygen atoms in total. The minimum absolute atomic E-state index is 0.177. The van der Waals surface area contributed by atoms with Crippen LogP contribution < -0.4 is 5.32 Å². The Labute approximate surface area is 122 Å². The number of nitrogens with one attached hydrogen (secondary N) is 1. The van der Waals surface area contributed by atoms with Crippen LogP contribution in [-0.2, 0) is 27.4 Å². The molecule has 1 aromatic rings. The van der Waals surface area contributed by atoms with Crippen molar-refractivity contribution in [3.8, 4) is 0 Å². The molecular formula is C16H27NO3. The standard InChI is InChI=1S/C16H27NO3/c1-4-18-13-15-10-8-7-9-14(15)11-17-12-16(19-5-2)20-6-3/h7-10,16-17H,4-6,11-13H2,1-3H3.